The van der Waals surface area contributed by atoms with Crippen LogP contribution >= 0.6 is 11.3 Å². The van der Waals surface area contributed by atoms with Gasteiger partial charge in [0.05, 0.1) is 27.2 Å². The summed E-state index contributed by atoms with van der Waals surface area (Å²) in [6, 6.07) is 12.2. The molecule has 5 rings (SSSR count). The lowest BCUT2D eigenvalue weighted by molar-refractivity contribution is 0.102. The van der Waals surface area contributed by atoms with E-state index in [0.717, 1.165) is 33.3 Å². The van der Waals surface area contributed by atoms with Crippen LogP contribution in [-0.2, 0) is 6.42 Å². The molecular weight excluding hydrogens is 425 g/mol. The fourth-order valence-corrected chi connectivity index (χ4v) is 4.64. The zero-order valence-electron chi connectivity index (χ0n) is 17.1. The molecule has 0 aliphatic heterocycles. The van der Waals surface area contributed by atoms with Gasteiger partial charge in [0.25, 0.3) is 5.91 Å². The molecule has 32 heavy (non-hydrogen) atoms. The van der Waals surface area contributed by atoms with Crippen molar-refractivity contribution >= 4 is 49.7 Å². The molecule has 3 heterocycles. The quantitative estimate of drug-likeness (QED) is 0.402. The zero-order chi connectivity index (χ0) is 22.2. The summed E-state index contributed by atoms with van der Waals surface area (Å²) in [6.45, 7) is 1.95. The van der Waals surface area contributed by atoms with Gasteiger partial charge in [0, 0.05) is 28.8 Å². The Hall–Kier alpha value is -3.91. The van der Waals surface area contributed by atoms with Crippen LogP contribution in [0.25, 0.3) is 21.0 Å². The first-order valence-corrected chi connectivity index (χ1v) is 10.8. The molecule has 0 aliphatic carbocycles. The highest BCUT2D eigenvalue weighted by Gasteiger charge is 2.18. The first-order chi connectivity index (χ1) is 15.5. The van der Waals surface area contributed by atoms with Crippen LogP contribution in [0.4, 0.5) is 15.9 Å². The fraction of sp³-hybridized carbons (Fsp3) is 0.0833. The van der Waals surface area contributed by atoms with Crippen LogP contribution in [0.1, 0.15) is 27.2 Å². The summed E-state index contributed by atoms with van der Waals surface area (Å²) in [5.74, 6) is -0.174. The molecule has 1 amide bonds. The number of aromatic nitrogens is 3. The SMILES string of the molecule is Cc1ccc2c(Cc3ccc(F)cc3)nccc2c1NC(=O)c1csc2c(N)ncnc12. The predicted octanol–water partition coefficient (Wildman–Crippen LogP) is 5.11. The Labute approximate surface area is 187 Å². The molecule has 0 bridgehead atoms. The summed E-state index contributed by atoms with van der Waals surface area (Å²) in [6.07, 6.45) is 3.64. The van der Waals surface area contributed by atoms with Crippen LogP contribution in [0.2, 0.25) is 0 Å². The largest absolute Gasteiger partial charge is 0.382 e. The Bertz CT molecular complexity index is 1480. The molecule has 3 aromatic heterocycles. The van der Waals surface area contributed by atoms with E-state index >= 15 is 0 Å². The zero-order valence-corrected chi connectivity index (χ0v) is 17.9. The van der Waals surface area contributed by atoms with Crippen molar-refractivity contribution in [3.8, 4) is 0 Å². The number of carbonyl (C=O) groups is 1. The molecule has 2 aromatic carbocycles. The summed E-state index contributed by atoms with van der Waals surface area (Å²) in [5.41, 5.74) is 10.4. The van der Waals surface area contributed by atoms with E-state index in [0.29, 0.717) is 28.0 Å². The summed E-state index contributed by atoms with van der Waals surface area (Å²) in [7, 11) is 0. The number of anilines is 2. The van der Waals surface area contributed by atoms with Crippen LogP contribution in [0.15, 0.2) is 60.4 Å². The average Bonchev–Trinajstić information content (AvgIpc) is 3.23. The molecule has 0 fully saturated rings. The van der Waals surface area contributed by atoms with E-state index in [-0.39, 0.29) is 11.7 Å². The van der Waals surface area contributed by atoms with Crippen LogP contribution in [0, 0.1) is 12.7 Å². The molecule has 5 aromatic rings. The Kier molecular flexibility index (Phi) is 4.99. The highest BCUT2D eigenvalue weighted by molar-refractivity contribution is 7.18. The number of thiophene rings is 1. The lowest BCUT2D eigenvalue weighted by atomic mass is 10.00. The van der Waals surface area contributed by atoms with Gasteiger partial charge in [-0.05, 0) is 36.2 Å². The first-order valence-electron chi connectivity index (χ1n) is 9.92. The van der Waals surface area contributed by atoms with Crippen molar-refractivity contribution in [2.75, 3.05) is 11.1 Å². The van der Waals surface area contributed by atoms with Gasteiger partial charge < -0.3 is 11.1 Å². The second-order valence-electron chi connectivity index (χ2n) is 7.45. The third kappa shape index (κ3) is 3.54. The number of benzene rings is 2. The minimum absolute atomic E-state index is 0.262. The Morgan fingerprint density at radius 3 is 2.69 bits per heavy atom. The molecule has 158 valence electrons. The van der Waals surface area contributed by atoms with Gasteiger partial charge in [-0.2, -0.15) is 0 Å². The number of hydrogen-bond acceptors (Lipinski definition) is 6. The summed E-state index contributed by atoms with van der Waals surface area (Å²) >= 11 is 1.34. The molecule has 0 spiro atoms. The first kappa shape index (κ1) is 20.0. The molecule has 0 saturated heterocycles. The Morgan fingerprint density at radius 2 is 1.88 bits per heavy atom. The van der Waals surface area contributed by atoms with E-state index < -0.39 is 0 Å². The number of rotatable bonds is 4. The van der Waals surface area contributed by atoms with E-state index in [1.54, 1.807) is 23.7 Å². The molecule has 0 radical (unpaired) electrons. The third-order valence-corrected chi connectivity index (χ3v) is 6.38. The Morgan fingerprint density at radius 1 is 1.06 bits per heavy atom. The second-order valence-corrected chi connectivity index (χ2v) is 8.33. The third-order valence-electron chi connectivity index (χ3n) is 5.39. The molecule has 0 saturated carbocycles. The number of nitrogens with two attached hydrogens (primary N) is 1. The van der Waals surface area contributed by atoms with Crippen LogP contribution in [-0.4, -0.2) is 20.9 Å². The van der Waals surface area contributed by atoms with Crippen molar-refractivity contribution in [2.45, 2.75) is 13.3 Å². The number of nitrogens with one attached hydrogen (secondary N) is 1. The van der Waals surface area contributed by atoms with Gasteiger partial charge in [0.2, 0.25) is 0 Å². The van der Waals surface area contributed by atoms with E-state index in [4.69, 9.17) is 5.73 Å². The minimum atomic E-state index is -0.270. The minimum Gasteiger partial charge on any atom is -0.382 e. The number of nitrogens with zero attached hydrogens (tertiary/aromatic N) is 3. The van der Waals surface area contributed by atoms with Crippen molar-refractivity contribution in [3.63, 3.8) is 0 Å². The Balaban J connectivity index is 1.53. The van der Waals surface area contributed by atoms with Gasteiger partial charge >= 0.3 is 0 Å². The molecule has 6 nitrogen and oxygen atoms in total. The number of aryl methyl sites for hydroxylation is 1. The topological polar surface area (TPSA) is 93.8 Å². The number of nitrogen functional groups attached to an aromatic ring is 1. The van der Waals surface area contributed by atoms with Gasteiger partial charge in [0.15, 0.2) is 0 Å². The van der Waals surface area contributed by atoms with Crippen molar-refractivity contribution in [3.05, 3.63) is 88.6 Å². The molecular formula is C24H18FN5OS. The maximum Gasteiger partial charge on any atom is 0.258 e. The van der Waals surface area contributed by atoms with Crippen LogP contribution in [0.3, 0.4) is 0 Å². The summed E-state index contributed by atoms with van der Waals surface area (Å²) < 4.78 is 14.0. The van der Waals surface area contributed by atoms with Crippen molar-refractivity contribution < 1.29 is 9.18 Å². The molecule has 0 atom stereocenters. The van der Waals surface area contributed by atoms with Gasteiger partial charge in [0.1, 0.15) is 18.0 Å². The average molecular weight is 444 g/mol. The number of carbonyl (C=O) groups excluding carboxylic acids is 1. The van der Waals surface area contributed by atoms with Crippen molar-refractivity contribution in [2.24, 2.45) is 0 Å². The number of pyridine rings is 1. The second kappa shape index (κ2) is 7.97. The maximum atomic E-state index is 13.3. The number of halogens is 1. The lowest BCUT2D eigenvalue weighted by Gasteiger charge is -2.14. The normalized spacial score (nSPS) is 11.2. The number of hydrogen-bond donors (Lipinski definition) is 2. The van der Waals surface area contributed by atoms with E-state index in [2.05, 4.69) is 20.3 Å². The number of amides is 1. The fourth-order valence-electron chi connectivity index (χ4n) is 3.74. The highest BCUT2D eigenvalue weighted by Crippen LogP contribution is 2.32. The van der Waals surface area contributed by atoms with Crippen LogP contribution < -0.4 is 11.1 Å². The summed E-state index contributed by atoms with van der Waals surface area (Å²) in [5, 5.41) is 6.62. The summed E-state index contributed by atoms with van der Waals surface area (Å²) in [4.78, 5) is 25.9. The standard InChI is InChI=1S/C24H18FN5OS/c1-13-2-7-16-17(8-9-27-19(16)10-14-3-5-15(25)6-4-14)20(13)30-24(31)18-11-32-22-21(18)28-12-29-23(22)26/h2-9,11-12H,10H2,1H3,(H,30,31)(H2,26,28,29). The number of fused-ring (bicyclic) bond motifs is 2. The van der Waals surface area contributed by atoms with E-state index in [1.165, 1.54) is 29.8 Å². The van der Waals surface area contributed by atoms with Gasteiger partial charge in [-0.1, -0.05) is 24.3 Å². The molecule has 0 unspecified atom stereocenters. The maximum absolute atomic E-state index is 13.3. The van der Waals surface area contributed by atoms with Crippen molar-refractivity contribution in [1.82, 2.24) is 15.0 Å². The van der Waals surface area contributed by atoms with Crippen LogP contribution in [0.5, 0.6) is 0 Å². The van der Waals surface area contributed by atoms with E-state index in [9.17, 15) is 9.18 Å². The van der Waals surface area contributed by atoms with Gasteiger partial charge in [-0.3, -0.25) is 9.78 Å². The van der Waals surface area contributed by atoms with Crippen molar-refractivity contribution in [1.29, 1.82) is 0 Å². The predicted molar refractivity (Wildman–Crippen MR) is 125 cm³/mol. The van der Waals surface area contributed by atoms with Gasteiger partial charge in [-0.15, -0.1) is 11.3 Å². The lowest BCUT2D eigenvalue weighted by Crippen LogP contribution is -2.13. The smallest absolute Gasteiger partial charge is 0.258 e. The highest BCUT2D eigenvalue weighted by atomic mass is 32.1. The van der Waals surface area contributed by atoms with E-state index in [1.807, 2.05) is 25.1 Å². The molecule has 8 heteroatoms. The molecule has 3 N–H and O–H groups in total. The molecule has 0 aliphatic rings. The monoisotopic (exact) mass is 443 g/mol. The van der Waals surface area contributed by atoms with Gasteiger partial charge in [-0.25, -0.2) is 14.4 Å².